The minimum atomic E-state index is -3.90. The highest BCUT2D eigenvalue weighted by Gasteiger charge is 2.38. The Balaban J connectivity index is 2.39. The van der Waals surface area contributed by atoms with Crippen molar-refractivity contribution < 1.29 is 17.9 Å². The Morgan fingerprint density at radius 2 is 2.11 bits per heavy atom. The van der Waals surface area contributed by atoms with Crippen molar-refractivity contribution in [1.82, 2.24) is 4.31 Å². The highest BCUT2D eigenvalue weighted by Crippen LogP contribution is 2.32. The third kappa shape index (κ3) is 2.47. The molecular weight excluding hydrogens is 259 g/mol. The highest BCUT2D eigenvalue weighted by molar-refractivity contribution is 7.89. The molecule has 2 rings (SSSR count). The van der Waals surface area contributed by atoms with E-state index < -0.39 is 20.7 Å². The van der Waals surface area contributed by atoms with Crippen molar-refractivity contribution in [2.24, 2.45) is 0 Å². The van der Waals surface area contributed by atoms with Gasteiger partial charge in [0.05, 0.1) is 6.61 Å². The Kier molecular flexibility index (Phi) is 3.56. The van der Waals surface area contributed by atoms with Crippen molar-refractivity contribution >= 4 is 15.7 Å². The number of hydrogen-bond donors (Lipinski definition) is 2. The summed E-state index contributed by atoms with van der Waals surface area (Å²) in [5, 5.41) is 8.92. The van der Waals surface area contributed by atoms with Crippen molar-refractivity contribution in [3.8, 4) is 0 Å². The smallest absolute Gasteiger partial charge is 0.246 e. The number of benzene rings is 1. The number of hydrogen-bond acceptors (Lipinski definition) is 4. The second-order valence-electron chi connectivity index (χ2n) is 4.26. The van der Waals surface area contributed by atoms with Crippen LogP contribution in [-0.2, 0) is 10.0 Å². The van der Waals surface area contributed by atoms with Gasteiger partial charge < -0.3 is 10.8 Å². The number of anilines is 1. The van der Waals surface area contributed by atoms with Crippen LogP contribution < -0.4 is 5.73 Å². The number of halogens is 1. The van der Waals surface area contributed by atoms with Crippen LogP contribution in [0.1, 0.15) is 12.8 Å². The van der Waals surface area contributed by atoms with Gasteiger partial charge in [0.15, 0.2) is 0 Å². The minimum absolute atomic E-state index is 0.0170. The van der Waals surface area contributed by atoms with E-state index in [2.05, 4.69) is 0 Å². The highest BCUT2D eigenvalue weighted by atomic mass is 32.2. The van der Waals surface area contributed by atoms with Gasteiger partial charge in [-0.2, -0.15) is 4.31 Å². The Morgan fingerprint density at radius 3 is 2.61 bits per heavy atom. The van der Waals surface area contributed by atoms with E-state index in [1.807, 2.05) is 0 Å². The second-order valence-corrected chi connectivity index (χ2v) is 6.12. The zero-order chi connectivity index (χ0) is 13.3. The van der Waals surface area contributed by atoms with E-state index >= 15 is 0 Å². The average Bonchev–Trinajstić information content (AvgIpc) is 3.08. The Morgan fingerprint density at radius 1 is 1.44 bits per heavy atom. The van der Waals surface area contributed by atoms with Gasteiger partial charge in [-0.05, 0) is 31.0 Å². The Labute approximate surface area is 105 Å². The van der Waals surface area contributed by atoms with Crippen molar-refractivity contribution in [3.63, 3.8) is 0 Å². The van der Waals surface area contributed by atoms with Crippen LogP contribution in [0.15, 0.2) is 23.1 Å². The molecule has 0 heterocycles. The molecule has 18 heavy (non-hydrogen) atoms. The number of nitrogen functional groups attached to an aromatic ring is 1. The summed E-state index contributed by atoms with van der Waals surface area (Å²) >= 11 is 0. The molecule has 0 aromatic heterocycles. The molecule has 0 bridgehead atoms. The molecule has 0 aliphatic heterocycles. The molecule has 1 aliphatic rings. The fourth-order valence-corrected chi connectivity index (χ4v) is 3.54. The molecule has 100 valence electrons. The fraction of sp³-hybridized carbons (Fsp3) is 0.455. The number of rotatable bonds is 5. The molecule has 0 saturated heterocycles. The molecular formula is C11H15FN2O3S. The first kappa shape index (κ1) is 13.3. The van der Waals surface area contributed by atoms with Gasteiger partial charge in [-0.1, -0.05) is 0 Å². The number of aliphatic hydroxyl groups excluding tert-OH is 1. The zero-order valence-corrected chi connectivity index (χ0v) is 10.5. The molecule has 0 amide bonds. The summed E-state index contributed by atoms with van der Waals surface area (Å²) in [7, 11) is -3.90. The van der Waals surface area contributed by atoms with E-state index in [0.717, 1.165) is 29.3 Å². The van der Waals surface area contributed by atoms with Crippen LogP contribution in [0.5, 0.6) is 0 Å². The first-order chi connectivity index (χ1) is 8.46. The molecule has 1 aliphatic carbocycles. The van der Waals surface area contributed by atoms with Gasteiger partial charge in [0.25, 0.3) is 0 Å². The number of aliphatic hydroxyl groups is 1. The lowest BCUT2D eigenvalue weighted by Crippen LogP contribution is -2.36. The second kappa shape index (κ2) is 4.83. The van der Waals surface area contributed by atoms with Crippen LogP contribution in [-0.4, -0.2) is 37.0 Å². The predicted molar refractivity (Wildman–Crippen MR) is 64.8 cm³/mol. The summed E-state index contributed by atoms with van der Waals surface area (Å²) in [6, 6.07) is 3.36. The van der Waals surface area contributed by atoms with Gasteiger partial charge in [0.1, 0.15) is 10.7 Å². The average molecular weight is 274 g/mol. The van der Waals surface area contributed by atoms with Crippen molar-refractivity contribution in [1.29, 1.82) is 0 Å². The van der Waals surface area contributed by atoms with Gasteiger partial charge >= 0.3 is 0 Å². The van der Waals surface area contributed by atoms with Crippen molar-refractivity contribution in [2.45, 2.75) is 23.8 Å². The van der Waals surface area contributed by atoms with Crippen LogP contribution in [0.3, 0.4) is 0 Å². The summed E-state index contributed by atoms with van der Waals surface area (Å²) in [6.45, 7) is -0.302. The molecule has 0 spiro atoms. The third-order valence-electron chi connectivity index (χ3n) is 2.82. The van der Waals surface area contributed by atoms with E-state index in [0.29, 0.717) is 0 Å². The molecule has 1 aromatic rings. The van der Waals surface area contributed by atoms with Gasteiger partial charge in [-0.15, -0.1) is 0 Å². The summed E-state index contributed by atoms with van der Waals surface area (Å²) in [5.74, 6) is -0.862. The molecule has 5 nitrogen and oxygen atoms in total. The van der Waals surface area contributed by atoms with Gasteiger partial charge in [-0.3, -0.25) is 0 Å². The standard InChI is InChI=1S/C11H15FN2O3S/c12-10-7-8(13)1-4-11(10)18(16,17)14(5-6-15)9-2-3-9/h1,4,7,9,15H,2-3,5-6,13H2. The van der Waals surface area contributed by atoms with E-state index in [-0.39, 0.29) is 24.9 Å². The summed E-state index contributed by atoms with van der Waals surface area (Å²) < 4.78 is 39.4. The van der Waals surface area contributed by atoms with E-state index in [9.17, 15) is 12.8 Å². The summed E-state index contributed by atoms with van der Waals surface area (Å²) in [4.78, 5) is -0.392. The maximum Gasteiger partial charge on any atom is 0.246 e. The monoisotopic (exact) mass is 274 g/mol. The molecule has 0 atom stereocenters. The molecule has 1 aromatic carbocycles. The lowest BCUT2D eigenvalue weighted by atomic mass is 10.3. The maximum atomic E-state index is 13.7. The van der Waals surface area contributed by atoms with E-state index in [1.165, 1.54) is 6.07 Å². The first-order valence-electron chi connectivity index (χ1n) is 5.64. The van der Waals surface area contributed by atoms with Crippen LogP contribution in [0.25, 0.3) is 0 Å². The van der Waals surface area contributed by atoms with Crippen molar-refractivity contribution in [3.05, 3.63) is 24.0 Å². The first-order valence-corrected chi connectivity index (χ1v) is 7.08. The quantitative estimate of drug-likeness (QED) is 0.768. The molecule has 7 heteroatoms. The van der Waals surface area contributed by atoms with Crippen LogP contribution in [0, 0.1) is 5.82 Å². The minimum Gasteiger partial charge on any atom is -0.399 e. The van der Waals surface area contributed by atoms with Gasteiger partial charge in [0, 0.05) is 18.3 Å². The SMILES string of the molecule is Nc1ccc(S(=O)(=O)N(CCO)C2CC2)c(F)c1. The zero-order valence-electron chi connectivity index (χ0n) is 9.71. The topological polar surface area (TPSA) is 83.6 Å². The van der Waals surface area contributed by atoms with Crippen LogP contribution in [0.4, 0.5) is 10.1 Å². The number of nitrogens with zero attached hydrogens (tertiary/aromatic N) is 1. The third-order valence-corrected chi connectivity index (χ3v) is 4.80. The van der Waals surface area contributed by atoms with E-state index in [1.54, 1.807) is 0 Å². The lowest BCUT2D eigenvalue weighted by Gasteiger charge is -2.21. The largest absolute Gasteiger partial charge is 0.399 e. The molecule has 3 N–H and O–H groups in total. The summed E-state index contributed by atoms with van der Waals surface area (Å²) in [5.41, 5.74) is 5.56. The molecule has 0 radical (unpaired) electrons. The fourth-order valence-electron chi connectivity index (χ4n) is 1.81. The predicted octanol–water partition coefficient (Wildman–Crippen LogP) is 0.553. The van der Waals surface area contributed by atoms with E-state index in [4.69, 9.17) is 10.8 Å². The van der Waals surface area contributed by atoms with Gasteiger partial charge in [0.2, 0.25) is 10.0 Å². The van der Waals surface area contributed by atoms with Crippen LogP contribution in [0.2, 0.25) is 0 Å². The van der Waals surface area contributed by atoms with Crippen LogP contribution >= 0.6 is 0 Å². The van der Waals surface area contributed by atoms with Gasteiger partial charge in [-0.25, -0.2) is 12.8 Å². The van der Waals surface area contributed by atoms with Crippen molar-refractivity contribution in [2.75, 3.05) is 18.9 Å². The maximum absolute atomic E-state index is 13.7. The normalized spacial score (nSPS) is 16.2. The number of sulfonamides is 1. The number of nitrogens with two attached hydrogens (primary N) is 1. The molecule has 1 fully saturated rings. The Bertz CT molecular complexity index is 543. The Hall–Kier alpha value is -1.18. The molecule has 1 saturated carbocycles. The molecule has 0 unspecified atom stereocenters. The summed E-state index contributed by atoms with van der Waals surface area (Å²) in [6.07, 6.45) is 1.49. The lowest BCUT2D eigenvalue weighted by molar-refractivity contribution is 0.250.